The Morgan fingerprint density at radius 3 is 2.42 bits per heavy atom. The molecule has 4 N–H and O–H groups in total. The Morgan fingerprint density at radius 2 is 1.77 bits per heavy atom. The van der Waals surface area contributed by atoms with E-state index >= 15 is 0 Å². The van der Waals surface area contributed by atoms with Crippen LogP contribution in [0.25, 0.3) is 0 Å². The van der Waals surface area contributed by atoms with Crippen molar-refractivity contribution in [1.82, 2.24) is 0 Å². The maximum atomic E-state index is 6.54. The van der Waals surface area contributed by atoms with Crippen molar-refractivity contribution < 1.29 is 4.65 Å². The highest BCUT2D eigenvalue weighted by Crippen LogP contribution is 2.44. The predicted molar refractivity (Wildman–Crippen MR) is 113 cm³/mol. The summed E-state index contributed by atoms with van der Waals surface area (Å²) in [6, 6.07) is 11.6. The van der Waals surface area contributed by atoms with Gasteiger partial charge in [-0.05, 0) is 76.1 Å². The summed E-state index contributed by atoms with van der Waals surface area (Å²) in [4.78, 5) is 2.31. The summed E-state index contributed by atoms with van der Waals surface area (Å²) in [6.07, 6.45) is 0.877. The van der Waals surface area contributed by atoms with Crippen LogP contribution in [0, 0.1) is 0 Å². The molecular weight excluding hydrogens is 345 g/mol. The van der Waals surface area contributed by atoms with Gasteiger partial charge >= 0.3 is 7.05 Å². The zero-order valence-corrected chi connectivity index (χ0v) is 16.9. The Labute approximate surface area is 161 Å². The third kappa shape index (κ3) is 2.93. The van der Waals surface area contributed by atoms with Crippen LogP contribution in [0.2, 0.25) is 5.02 Å². The lowest BCUT2D eigenvalue weighted by atomic mass is 9.68. The third-order valence-corrected chi connectivity index (χ3v) is 6.01. The number of nitrogens with zero attached hydrogens (tertiary/aromatic N) is 1. The van der Waals surface area contributed by atoms with Gasteiger partial charge in [0, 0.05) is 27.5 Å². The highest BCUT2D eigenvalue weighted by Gasteiger charge is 2.57. The van der Waals surface area contributed by atoms with Crippen LogP contribution >= 0.6 is 11.6 Å². The lowest BCUT2D eigenvalue weighted by Crippen LogP contribution is -2.56. The second-order valence-corrected chi connectivity index (χ2v) is 8.36. The van der Waals surface area contributed by atoms with Gasteiger partial charge in [0.1, 0.15) is 0 Å². The van der Waals surface area contributed by atoms with Crippen molar-refractivity contribution in [2.75, 3.05) is 16.3 Å². The van der Waals surface area contributed by atoms with Gasteiger partial charge in [-0.3, -0.25) is 0 Å². The van der Waals surface area contributed by atoms with E-state index in [4.69, 9.17) is 27.7 Å². The van der Waals surface area contributed by atoms with Gasteiger partial charge in [0.25, 0.3) is 0 Å². The van der Waals surface area contributed by atoms with Crippen LogP contribution in [0.4, 0.5) is 17.1 Å². The Balaban J connectivity index is 2.22. The number of rotatable bonds is 3. The molecule has 0 unspecified atom stereocenters. The van der Waals surface area contributed by atoms with Crippen molar-refractivity contribution in [1.29, 1.82) is 0 Å². The molecule has 4 nitrogen and oxygen atoms in total. The van der Waals surface area contributed by atoms with Crippen LogP contribution in [-0.2, 0) is 11.1 Å². The lowest BCUT2D eigenvalue weighted by molar-refractivity contribution is 0.0800. The second-order valence-electron chi connectivity index (χ2n) is 7.92. The minimum Gasteiger partial charge on any atom is -0.405 e. The van der Waals surface area contributed by atoms with E-state index < -0.39 is 0 Å². The summed E-state index contributed by atoms with van der Waals surface area (Å²) in [5.74, 6) is 0. The number of hydrogen-bond acceptors (Lipinski definition) is 4. The average Bonchev–Trinajstić information content (AvgIpc) is 2.75. The average molecular weight is 372 g/mol. The molecule has 0 atom stereocenters. The zero-order valence-electron chi connectivity index (χ0n) is 16.1. The Hall–Kier alpha value is -1.85. The summed E-state index contributed by atoms with van der Waals surface area (Å²) in [7, 11) is -0.324. The molecule has 1 fully saturated rings. The molecule has 1 aliphatic rings. The molecule has 0 aliphatic carbocycles. The van der Waals surface area contributed by atoms with E-state index in [1.54, 1.807) is 0 Å². The molecule has 0 aromatic heterocycles. The van der Waals surface area contributed by atoms with Crippen LogP contribution < -0.4 is 21.7 Å². The number of hydrogen-bond donors (Lipinski definition) is 2. The monoisotopic (exact) mass is 371 g/mol. The quantitative estimate of drug-likeness (QED) is 0.635. The molecule has 6 heteroatoms. The van der Waals surface area contributed by atoms with E-state index in [0.29, 0.717) is 11.4 Å². The van der Waals surface area contributed by atoms with Crippen LogP contribution in [0.3, 0.4) is 0 Å². The molecule has 138 valence electrons. The number of aryl methyl sites for hydroxylation is 1. The Bertz CT molecular complexity index is 838. The number of anilines is 3. The number of nitrogens with two attached hydrogens (primary N) is 2. The van der Waals surface area contributed by atoms with Crippen molar-refractivity contribution in [2.45, 2.75) is 52.2 Å². The fraction of sp³-hybridized carbons (Fsp3) is 0.400. The first-order valence-electron chi connectivity index (χ1n) is 8.99. The molecule has 0 bridgehead atoms. The van der Waals surface area contributed by atoms with Crippen LogP contribution in [-0.4, -0.2) is 18.2 Å². The SMILES string of the molecule is CCc1cc(Cl)ccc1N1B(c2cc(N)ccc2N)OC(C)(C)C1(C)C. The van der Waals surface area contributed by atoms with Crippen molar-refractivity contribution >= 4 is 41.2 Å². The standard InChI is InChI=1S/C20H27BClN3O/c1-6-13-11-14(22)7-10-18(13)25-19(2,3)20(4,5)26-21(25)16-12-15(23)8-9-17(16)24/h7-12H,6,23-24H2,1-5H3. The molecule has 0 radical (unpaired) electrons. The minimum atomic E-state index is -0.390. The molecule has 3 rings (SSSR count). The largest absolute Gasteiger partial charge is 0.455 e. The fourth-order valence-corrected chi connectivity index (χ4v) is 3.76. The second kappa shape index (κ2) is 6.40. The summed E-state index contributed by atoms with van der Waals surface area (Å²) in [5.41, 5.74) is 16.2. The normalized spacial score (nSPS) is 18.4. The van der Waals surface area contributed by atoms with Gasteiger partial charge in [0.05, 0.1) is 11.1 Å². The summed E-state index contributed by atoms with van der Waals surface area (Å²) in [6.45, 7) is 10.8. The fourth-order valence-electron chi connectivity index (χ4n) is 3.57. The predicted octanol–water partition coefficient (Wildman–Crippen LogP) is 3.86. The van der Waals surface area contributed by atoms with Gasteiger partial charge in [-0.1, -0.05) is 18.5 Å². The van der Waals surface area contributed by atoms with E-state index in [1.165, 1.54) is 5.56 Å². The minimum absolute atomic E-state index is 0.271. The lowest BCUT2D eigenvalue weighted by Gasteiger charge is -2.42. The first kappa shape index (κ1) is 18.9. The van der Waals surface area contributed by atoms with Crippen LogP contribution in [0.1, 0.15) is 40.2 Å². The molecule has 1 saturated heterocycles. The topological polar surface area (TPSA) is 64.5 Å². The number of halogens is 1. The molecule has 0 spiro atoms. The zero-order chi connectivity index (χ0) is 19.3. The van der Waals surface area contributed by atoms with E-state index in [1.807, 2.05) is 30.3 Å². The van der Waals surface area contributed by atoms with E-state index in [0.717, 1.165) is 22.6 Å². The molecular formula is C20H27BClN3O. The van der Waals surface area contributed by atoms with Crippen molar-refractivity contribution in [3.63, 3.8) is 0 Å². The van der Waals surface area contributed by atoms with Crippen molar-refractivity contribution in [2.24, 2.45) is 0 Å². The molecule has 0 saturated carbocycles. The molecule has 1 aliphatic heterocycles. The van der Waals surface area contributed by atoms with Gasteiger partial charge < -0.3 is 20.9 Å². The van der Waals surface area contributed by atoms with Gasteiger partial charge in [-0.2, -0.15) is 0 Å². The Morgan fingerprint density at radius 1 is 1.08 bits per heavy atom. The van der Waals surface area contributed by atoms with Crippen LogP contribution in [0.5, 0.6) is 0 Å². The maximum absolute atomic E-state index is 6.54. The van der Waals surface area contributed by atoms with Crippen molar-refractivity contribution in [3.05, 3.63) is 47.0 Å². The third-order valence-electron chi connectivity index (χ3n) is 5.78. The van der Waals surface area contributed by atoms with E-state index in [9.17, 15) is 0 Å². The van der Waals surface area contributed by atoms with E-state index in [2.05, 4.69) is 45.5 Å². The summed E-state index contributed by atoms with van der Waals surface area (Å²) < 4.78 is 6.54. The first-order chi connectivity index (χ1) is 12.1. The molecule has 1 heterocycles. The summed E-state index contributed by atoms with van der Waals surface area (Å²) >= 11 is 6.24. The maximum Gasteiger partial charge on any atom is 0.455 e. The first-order valence-corrected chi connectivity index (χ1v) is 9.36. The number of benzene rings is 2. The highest BCUT2D eigenvalue weighted by atomic mass is 35.5. The van der Waals surface area contributed by atoms with Gasteiger partial charge in [0.15, 0.2) is 0 Å². The number of nitrogen functional groups attached to an aromatic ring is 2. The smallest absolute Gasteiger partial charge is 0.405 e. The van der Waals surface area contributed by atoms with Crippen LogP contribution in [0.15, 0.2) is 36.4 Å². The molecule has 2 aromatic rings. The van der Waals surface area contributed by atoms with Gasteiger partial charge in [0.2, 0.25) is 0 Å². The Kier molecular flexibility index (Phi) is 4.66. The van der Waals surface area contributed by atoms with Crippen molar-refractivity contribution in [3.8, 4) is 0 Å². The van der Waals surface area contributed by atoms with E-state index in [-0.39, 0.29) is 18.2 Å². The molecule has 2 aromatic carbocycles. The van der Waals surface area contributed by atoms with Gasteiger partial charge in [-0.25, -0.2) is 0 Å². The highest BCUT2D eigenvalue weighted by molar-refractivity contribution is 6.73. The molecule has 0 amide bonds. The summed E-state index contributed by atoms with van der Waals surface area (Å²) in [5, 5.41) is 0.739. The molecule has 26 heavy (non-hydrogen) atoms. The van der Waals surface area contributed by atoms with Gasteiger partial charge in [-0.15, -0.1) is 0 Å².